The Bertz CT molecular complexity index is 292. The van der Waals surface area contributed by atoms with Crippen molar-refractivity contribution in [3.63, 3.8) is 0 Å². The van der Waals surface area contributed by atoms with Crippen LogP contribution in [0.15, 0.2) is 12.1 Å². The summed E-state index contributed by atoms with van der Waals surface area (Å²) in [7, 11) is 0. The molecule has 0 spiro atoms. The molecule has 0 atom stereocenters. The van der Waals surface area contributed by atoms with Gasteiger partial charge in [0.25, 0.3) is 0 Å². The van der Waals surface area contributed by atoms with Gasteiger partial charge in [-0.2, -0.15) is 0 Å². The lowest BCUT2D eigenvalue weighted by Crippen LogP contribution is -2.00. The largest absolute Gasteiger partial charge is 0.398 e. The molecule has 2 heteroatoms. The number of nitrogen functional groups attached to an aromatic ring is 1. The molecule has 0 bridgehead atoms. The molecule has 1 aromatic carbocycles. The average molecular weight is 275 g/mol. The molecule has 0 saturated carbocycles. The smallest absolute Gasteiger partial charge is 0.0352 e. The normalized spacial score (nSPS) is 10.8. The number of hydrogen-bond donors (Lipinski definition) is 1. The molecule has 1 aromatic rings. The molecule has 2 N–H and O–H groups in total. The van der Waals surface area contributed by atoms with E-state index in [-0.39, 0.29) is 0 Å². The highest BCUT2D eigenvalue weighted by Crippen LogP contribution is 2.28. The first-order chi connectivity index (χ1) is 5.54. The van der Waals surface area contributed by atoms with Crippen molar-refractivity contribution in [3.8, 4) is 0 Å². The van der Waals surface area contributed by atoms with Gasteiger partial charge in [0.1, 0.15) is 0 Å². The maximum absolute atomic E-state index is 5.89. The molecule has 0 heterocycles. The molecule has 0 saturated heterocycles. The van der Waals surface area contributed by atoms with Gasteiger partial charge in [-0.05, 0) is 58.7 Å². The van der Waals surface area contributed by atoms with E-state index in [0.717, 1.165) is 5.69 Å². The molecule has 0 aliphatic heterocycles. The molecule has 66 valence electrons. The SMILES string of the molecule is Cc1c(I)ccc(N)c1C(C)C. The molecule has 0 fully saturated rings. The van der Waals surface area contributed by atoms with Gasteiger partial charge >= 0.3 is 0 Å². The van der Waals surface area contributed by atoms with Gasteiger partial charge in [-0.1, -0.05) is 13.8 Å². The highest BCUT2D eigenvalue weighted by molar-refractivity contribution is 14.1. The Morgan fingerprint density at radius 1 is 1.33 bits per heavy atom. The Hall–Kier alpha value is -0.250. The Kier molecular flexibility index (Phi) is 2.99. The highest BCUT2D eigenvalue weighted by Gasteiger charge is 2.09. The van der Waals surface area contributed by atoms with Crippen LogP contribution >= 0.6 is 22.6 Å². The zero-order valence-electron chi connectivity index (χ0n) is 7.69. The van der Waals surface area contributed by atoms with Crippen LogP contribution in [0.5, 0.6) is 0 Å². The molecule has 0 amide bonds. The summed E-state index contributed by atoms with van der Waals surface area (Å²) in [6.07, 6.45) is 0. The molecule has 1 nitrogen and oxygen atoms in total. The van der Waals surface area contributed by atoms with E-state index in [4.69, 9.17) is 5.73 Å². The maximum atomic E-state index is 5.89. The molecule has 12 heavy (non-hydrogen) atoms. The third-order valence-corrected chi connectivity index (χ3v) is 3.23. The van der Waals surface area contributed by atoms with E-state index in [0.29, 0.717) is 5.92 Å². The predicted octanol–water partition coefficient (Wildman–Crippen LogP) is 3.31. The van der Waals surface area contributed by atoms with Crippen molar-refractivity contribution in [1.82, 2.24) is 0 Å². The van der Waals surface area contributed by atoms with Crippen molar-refractivity contribution in [2.75, 3.05) is 5.73 Å². The topological polar surface area (TPSA) is 26.0 Å². The standard InChI is InChI=1S/C10H14IN/c1-6(2)10-7(3)8(11)4-5-9(10)12/h4-6H,12H2,1-3H3. The van der Waals surface area contributed by atoms with Crippen LogP contribution in [-0.2, 0) is 0 Å². The van der Waals surface area contributed by atoms with Gasteiger partial charge in [0, 0.05) is 9.26 Å². The summed E-state index contributed by atoms with van der Waals surface area (Å²) in [5, 5.41) is 0. The van der Waals surface area contributed by atoms with Crippen LogP contribution < -0.4 is 5.73 Å². The summed E-state index contributed by atoms with van der Waals surface area (Å²) in [5.74, 6) is 0.514. The van der Waals surface area contributed by atoms with Crippen LogP contribution in [0, 0.1) is 10.5 Å². The summed E-state index contributed by atoms with van der Waals surface area (Å²) < 4.78 is 1.30. The Morgan fingerprint density at radius 3 is 2.33 bits per heavy atom. The number of anilines is 1. The van der Waals surface area contributed by atoms with Crippen LogP contribution in [0.2, 0.25) is 0 Å². The van der Waals surface area contributed by atoms with E-state index in [1.54, 1.807) is 0 Å². The highest BCUT2D eigenvalue weighted by atomic mass is 127. The van der Waals surface area contributed by atoms with Gasteiger partial charge in [0.05, 0.1) is 0 Å². The van der Waals surface area contributed by atoms with Gasteiger partial charge in [0.2, 0.25) is 0 Å². The van der Waals surface area contributed by atoms with Crippen molar-refractivity contribution in [2.45, 2.75) is 26.7 Å². The Balaban J connectivity index is 3.33. The summed E-state index contributed by atoms with van der Waals surface area (Å²) in [5.41, 5.74) is 9.43. The fourth-order valence-electron chi connectivity index (χ4n) is 1.49. The minimum absolute atomic E-state index is 0.514. The molecule has 0 aromatic heterocycles. The lowest BCUT2D eigenvalue weighted by Gasteiger charge is -2.13. The van der Waals surface area contributed by atoms with E-state index in [9.17, 15) is 0 Å². The lowest BCUT2D eigenvalue weighted by atomic mass is 9.96. The maximum Gasteiger partial charge on any atom is 0.0352 e. The fourth-order valence-corrected chi connectivity index (χ4v) is 1.96. The Morgan fingerprint density at radius 2 is 1.92 bits per heavy atom. The van der Waals surface area contributed by atoms with E-state index >= 15 is 0 Å². The van der Waals surface area contributed by atoms with Crippen molar-refractivity contribution in [1.29, 1.82) is 0 Å². The van der Waals surface area contributed by atoms with Crippen molar-refractivity contribution in [3.05, 3.63) is 26.8 Å². The third-order valence-electron chi connectivity index (χ3n) is 2.06. The third kappa shape index (κ3) is 1.73. The van der Waals surface area contributed by atoms with E-state index in [1.807, 2.05) is 6.07 Å². The molecule has 0 aliphatic carbocycles. The van der Waals surface area contributed by atoms with E-state index in [2.05, 4.69) is 49.4 Å². The van der Waals surface area contributed by atoms with Crippen molar-refractivity contribution in [2.24, 2.45) is 0 Å². The number of benzene rings is 1. The summed E-state index contributed by atoms with van der Waals surface area (Å²) >= 11 is 2.34. The first-order valence-electron chi connectivity index (χ1n) is 4.08. The van der Waals surface area contributed by atoms with Crippen molar-refractivity contribution < 1.29 is 0 Å². The van der Waals surface area contributed by atoms with E-state index < -0.39 is 0 Å². The average Bonchev–Trinajstić information content (AvgIpc) is 1.97. The fraction of sp³-hybridized carbons (Fsp3) is 0.400. The molecular formula is C10H14IN. The Labute approximate surface area is 87.5 Å². The van der Waals surface area contributed by atoms with Gasteiger partial charge < -0.3 is 5.73 Å². The second-order valence-electron chi connectivity index (χ2n) is 3.33. The molecule has 0 radical (unpaired) electrons. The van der Waals surface area contributed by atoms with Gasteiger partial charge in [-0.15, -0.1) is 0 Å². The van der Waals surface area contributed by atoms with Crippen LogP contribution in [-0.4, -0.2) is 0 Å². The predicted molar refractivity (Wildman–Crippen MR) is 62.4 cm³/mol. The molecule has 1 rings (SSSR count). The second-order valence-corrected chi connectivity index (χ2v) is 4.49. The van der Waals surface area contributed by atoms with Gasteiger partial charge in [0.15, 0.2) is 0 Å². The number of halogens is 1. The van der Waals surface area contributed by atoms with Gasteiger partial charge in [-0.3, -0.25) is 0 Å². The van der Waals surface area contributed by atoms with Gasteiger partial charge in [-0.25, -0.2) is 0 Å². The van der Waals surface area contributed by atoms with Crippen LogP contribution in [0.3, 0.4) is 0 Å². The number of rotatable bonds is 1. The van der Waals surface area contributed by atoms with E-state index in [1.165, 1.54) is 14.7 Å². The molecular weight excluding hydrogens is 261 g/mol. The first kappa shape index (κ1) is 9.84. The quantitative estimate of drug-likeness (QED) is 0.617. The molecule has 0 unspecified atom stereocenters. The minimum Gasteiger partial charge on any atom is -0.398 e. The minimum atomic E-state index is 0.514. The lowest BCUT2D eigenvalue weighted by molar-refractivity contribution is 0.858. The second kappa shape index (κ2) is 3.64. The molecule has 0 aliphatic rings. The monoisotopic (exact) mass is 275 g/mol. The first-order valence-corrected chi connectivity index (χ1v) is 5.16. The van der Waals surface area contributed by atoms with Crippen LogP contribution in [0.4, 0.5) is 5.69 Å². The number of nitrogens with two attached hydrogens (primary N) is 1. The van der Waals surface area contributed by atoms with Crippen LogP contribution in [0.1, 0.15) is 30.9 Å². The summed E-state index contributed by atoms with van der Waals surface area (Å²) in [6, 6.07) is 4.06. The number of hydrogen-bond acceptors (Lipinski definition) is 1. The summed E-state index contributed by atoms with van der Waals surface area (Å²) in [4.78, 5) is 0. The zero-order chi connectivity index (χ0) is 9.30. The summed E-state index contributed by atoms with van der Waals surface area (Å²) in [6.45, 7) is 6.48. The zero-order valence-corrected chi connectivity index (χ0v) is 9.84. The van der Waals surface area contributed by atoms with Crippen molar-refractivity contribution >= 4 is 28.3 Å². The van der Waals surface area contributed by atoms with Crippen LogP contribution in [0.25, 0.3) is 0 Å².